The van der Waals surface area contributed by atoms with Crippen molar-refractivity contribution in [1.82, 2.24) is 4.57 Å². The molecule has 2 heteroatoms. The Kier molecular flexibility index (Phi) is 5.51. The van der Waals surface area contributed by atoms with Crippen LogP contribution in [0.3, 0.4) is 0 Å². The van der Waals surface area contributed by atoms with E-state index in [1.807, 2.05) is 11.3 Å². The largest absolute Gasteiger partial charge is 0.309 e. The molecule has 0 radical (unpaired) electrons. The average molecular weight is 602 g/mol. The van der Waals surface area contributed by atoms with Crippen LogP contribution in [0, 0.1) is 0 Å². The van der Waals surface area contributed by atoms with Gasteiger partial charge in [-0.15, -0.1) is 11.3 Å². The summed E-state index contributed by atoms with van der Waals surface area (Å²) < 4.78 is 5.16. The number of hydrogen-bond acceptors (Lipinski definition) is 1. The van der Waals surface area contributed by atoms with Crippen LogP contribution in [0.5, 0.6) is 0 Å². The van der Waals surface area contributed by atoms with E-state index in [2.05, 4.69) is 168 Å². The first-order valence-electron chi connectivity index (χ1n) is 15.8. The summed E-state index contributed by atoms with van der Waals surface area (Å²) in [5.74, 6) is 0. The molecule has 1 nitrogen and oxygen atoms in total. The molecule has 0 aliphatic heterocycles. The van der Waals surface area contributed by atoms with E-state index < -0.39 is 0 Å². The van der Waals surface area contributed by atoms with E-state index in [0.29, 0.717) is 0 Å². The maximum absolute atomic E-state index is 2.51. The normalized spacial score (nSPS) is 11.9. The number of aromatic nitrogens is 1. The van der Waals surface area contributed by atoms with Gasteiger partial charge in [0.05, 0.1) is 11.0 Å². The lowest BCUT2D eigenvalue weighted by Crippen LogP contribution is -1.96. The Balaban J connectivity index is 1.33. The Morgan fingerprint density at radius 2 is 1.02 bits per heavy atom. The molecule has 0 aliphatic rings. The highest BCUT2D eigenvalue weighted by Crippen LogP contribution is 2.42. The van der Waals surface area contributed by atoms with Gasteiger partial charge in [-0.3, -0.25) is 0 Å². The van der Waals surface area contributed by atoms with E-state index in [9.17, 15) is 0 Å². The van der Waals surface area contributed by atoms with E-state index >= 15 is 0 Å². The molecule has 46 heavy (non-hydrogen) atoms. The van der Waals surface area contributed by atoms with Crippen LogP contribution in [0.2, 0.25) is 0 Å². The molecule has 214 valence electrons. The van der Waals surface area contributed by atoms with Crippen molar-refractivity contribution in [3.05, 3.63) is 164 Å². The number of nitrogens with zero attached hydrogens (tertiary/aromatic N) is 1. The molecule has 8 aromatic carbocycles. The lowest BCUT2D eigenvalue weighted by molar-refractivity contribution is 1.19. The van der Waals surface area contributed by atoms with Crippen molar-refractivity contribution < 1.29 is 0 Å². The van der Waals surface area contributed by atoms with Crippen molar-refractivity contribution in [2.75, 3.05) is 0 Å². The lowest BCUT2D eigenvalue weighted by Gasteiger charge is -2.15. The Bertz CT molecular complexity index is 2800. The van der Waals surface area contributed by atoms with Crippen LogP contribution in [-0.4, -0.2) is 4.57 Å². The van der Waals surface area contributed by atoms with Gasteiger partial charge in [0, 0.05) is 42.0 Å². The van der Waals surface area contributed by atoms with Crippen LogP contribution >= 0.6 is 11.3 Å². The number of hydrogen-bond donors (Lipinski definition) is 0. The van der Waals surface area contributed by atoms with Gasteiger partial charge in [0.1, 0.15) is 0 Å². The predicted molar refractivity (Wildman–Crippen MR) is 200 cm³/mol. The zero-order valence-electron chi connectivity index (χ0n) is 24.9. The molecule has 10 rings (SSSR count). The third-order valence-electron chi connectivity index (χ3n) is 9.53. The first-order chi connectivity index (χ1) is 22.8. The number of thiophene rings is 1. The van der Waals surface area contributed by atoms with Gasteiger partial charge in [-0.05, 0) is 80.9 Å². The smallest absolute Gasteiger partial charge is 0.0619 e. The second-order valence-electron chi connectivity index (χ2n) is 12.1. The highest BCUT2D eigenvalue weighted by Gasteiger charge is 2.19. The van der Waals surface area contributed by atoms with Gasteiger partial charge in [-0.2, -0.15) is 0 Å². The topological polar surface area (TPSA) is 4.93 Å². The summed E-state index contributed by atoms with van der Waals surface area (Å²) >= 11 is 1.87. The Labute approximate surface area is 270 Å². The first-order valence-corrected chi connectivity index (χ1v) is 16.6. The van der Waals surface area contributed by atoms with E-state index in [-0.39, 0.29) is 0 Å². The Morgan fingerprint density at radius 1 is 0.370 bits per heavy atom. The summed E-state index contributed by atoms with van der Waals surface area (Å²) in [5, 5.41) is 10.3. The Hall–Kier alpha value is -5.70. The summed E-state index contributed by atoms with van der Waals surface area (Å²) in [7, 11) is 0. The molecule has 2 aromatic heterocycles. The fraction of sp³-hybridized carbons (Fsp3) is 0. The van der Waals surface area contributed by atoms with Gasteiger partial charge in [0.25, 0.3) is 0 Å². The zero-order chi connectivity index (χ0) is 30.2. The molecular formula is C44H27NS. The molecular weight excluding hydrogens is 575 g/mol. The third-order valence-corrected chi connectivity index (χ3v) is 10.7. The van der Waals surface area contributed by atoms with Crippen molar-refractivity contribution in [2.24, 2.45) is 0 Å². The summed E-state index contributed by atoms with van der Waals surface area (Å²) in [6.45, 7) is 0. The maximum atomic E-state index is 2.51. The van der Waals surface area contributed by atoms with Crippen molar-refractivity contribution >= 4 is 74.9 Å². The Morgan fingerprint density at radius 3 is 1.87 bits per heavy atom. The minimum Gasteiger partial charge on any atom is -0.309 e. The minimum atomic E-state index is 1.17. The molecule has 0 N–H and O–H groups in total. The average Bonchev–Trinajstić information content (AvgIpc) is 3.68. The van der Waals surface area contributed by atoms with E-state index in [1.54, 1.807) is 0 Å². The molecule has 0 saturated carbocycles. The quantitative estimate of drug-likeness (QED) is 0.190. The predicted octanol–water partition coefficient (Wildman–Crippen LogP) is 12.8. The van der Waals surface area contributed by atoms with E-state index in [0.717, 1.165) is 0 Å². The van der Waals surface area contributed by atoms with Crippen LogP contribution in [0.4, 0.5) is 0 Å². The standard InChI is InChI=1S/C44H27NS/c1-2-10-28(11-3-1)32-24-33(31-20-23-42-39(27-31)37-16-8-9-17-41(37)46-42)26-34(25-32)45-40-22-19-29-12-4-6-14-35(29)43(40)38-21-18-30-13-5-7-15-36(30)44(38)45/h1-27H. The zero-order valence-corrected chi connectivity index (χ0v) is 25.8. The van der Waals surface area contributed by atoms with E-state index in [4.69, 9.17) is 0 Å². The molecule has 0 unspecified atom stereocenters. The highest BCUT2D eigenvalue weighted by atomic mass is 32.1. The van der Waals surface area contributed by atoms with Gasteiger partial charge in [-0.1, -0.05) is 121 Å². The lowest BCUT2D eigenvalue weighted by atomic mass is 9.96. The molecule has 0 bridgehead atoms. The number of benzene rings is 8. The molecule has 0 amide bonds. The SMILES string of the molecule is c1ccc(-c2cc(-c3ccc4sc5ccccc5c4c3)cc(-n3c4ccc5ccccc5c4c4ccc5ccccc5c43)c2)cc1. The van der Waals surface area contributed by atoms with E-state index in [1.165, 1.54) is 91.5 Å². The molecule has 0 spiro atoms. The third kappa shape index (κ3) is 3.81. The van der Waals surface area contributed by atoms with Gasteiger partial charge in [0.2, 0.25) is 0 Å². The molecule has 2 heterocycles. The van der Waals surface area contributed by atoms with Crippen molar-refractivity contribution in [2.45, 2.75) is 0 Å². The summed E-state index contributed by atoms with van der Waals surface area (Å²) in [6, 6.07) is 60.4. The van der Waals surface area contributed by atoms with Crippen LogP contribution < -0.4 is 0 Å². The van der Waals surface area contributed by atoms with Crippen LogP contribution in [0.1, 0.15) is 0 Å². The second-order valence-corrected chi connectivity index (χ2v) is 13.2. The van der Waals surface area contributed by atoms with Crippen LogP contribution in [0.25, 0.3) is 91.5 Å². The van der Waals surface area contributed by atoms with Gasteiger partial charge < -0.3 is 4.57 Å². The minimum absolute atomic E-state index is 1.17. The number of rotatable bonds is 3. The highest BCUT2D eigenvalue weighted by molar-refractivity contribution is 7.25. The molecule has 0 saturated heterocycles. The van der Waals surface area contributed by atoms with Crippen LogP contribution in [0.15, 0.2) is 164 Å². The van der Waals surface area contributed by atoms with Crippen molar-refractivity contribution in [3.63, 3.8) is 0 Å². The molecule has 10 aromatic rings. The van der Waals surface area contributed by atoms with Crippen LogP contribution in [-0.2, 0) is 0 Å². The van der Waals surface area contributed by atoms with Gasteiger partial charge in [0.15, 0.2) is 0 Å². The first kappa shape index (κ1) is 25.6. The summed E-state index contributed by atoms with van der Waals surface area (Å²) in [6.07, 6.45) is 0. The van der Waals surface area contributed by atoms with Gasteiger partial charge >= 0.3 is 0 Å². The molecule has 0 aliphatic carbocycles. The second kappa shape index (κ2) is 9.90. The molecule has 0 fully saturated rings. The number of fused-ring (bicyclic) bond motifs is 10. The van der Waals surface area contributed by atoms with Gasteiger partial charge in [-0.25, -0.2) is 0 Å². The summed E-state index contributed by atoms with van der Waals surface area (Å²) in [4.78, 5) is 0. The monoisotopic (exact) mass is 601 g/mol. The van der Waals surface area contributed by atoms with Crippen molar-refractivity contribution in [3.8, 4) is 27.9 Å². The fourth-order valence-electron chi connectivity index (χ4n) is 7.43. The molecule has 0 atom stereocenters. The maximum Gasteiger partial charge on any atom is 0.0619 e. The van der Waals surface area contributed by atoms with Crippen molar-refractivity contribution in [1.29, 1.82) is 0 Å². The fourth-order valence-corrected chi connectivity index (χ4v) is 8.51. The summed E-state index contributed by atoms with van der Waals surface area (Å²) in [5.41, 5.74) is 8.50.